The molecule has 1 aliphatic carbocycles. The second-order valence-electron chi connectivity index (χ2n) is 4.70. The minimum absolute atomic E-state index is 0.164. The zero-order valence-corrected chi connectivity index (χ0v) is 9.28. The molecule has 1 fully saturated rings. The third-order valence-corrected chi connectivity index (χ3v) is 2.87. The number of esters is 1. The van der Waals surface area contributed by atoms with Crippen molar-refractivity contribution >= 4 is 12.1 Å². The highest BCUT2D eigenvalue weighted by atomic mass is 16.7. The second-order valence-corrected chi connectivity index (χ2v) is 4.70. The monoisotopic (exact) mass is 211 g/mol. The van der Waals surface area contributed by atoms with Gasteiger partial charge in [0.15, 0.2) is 5.54 Å². The van der Waals surface area contributed by atoms with Crippen molar-refractivity contribution in [2.45, 2.75) is 57.6 Å². The number of hydrogen-bond acceptors (Lipinski definition) is 4. The topological polar surface area (TPSA) is 47.9 Å². The van der Waals surface area contributed by atoms with Crippen molar-refractivity contribution in [1.82, 2.24) is 0 Å². The molecule has 0 atom stereocenters. The van der Waals surface area contributed by atoms with Crippen molar-refractivity contribution in [2.24, 2.45) is 4.99 Å². The molecule has 0 aromatic rings. The van der Waals surface area contributed by atoms with Crippen LogP contribution in [0.4, 0.5) is 0 Å². The maximum Gasteiger partial charge on any atom is 0.392 e. The summed E-state index contributed by atoms with van der Waals surface area (Å²) in [4.78, 5) is 15.4. The van der Waals surface area contributed by atoms with Crippen LogP contribution < -0.4 is 0 Å². The Hall–Kier alpha value is -1.06. The minimum atomic E-state index is -0.774. The number of aliphatic imine (C=N–C) groups is 1. The molecule has 2 aliphatic rings. The molecule has 0 radical (unpaired) electrons. The molecule has 4 nitrogen and oxygen atoms in total. The van der Waals surface area contributed by atoms with Gasteiger partial charge in [0.25, 0.3) is 0 Å². The Kier molecular flexibility index (Phi) is 2.67. The standard InChI is InChI=1S/C11H17NO3/c1-11(2)9(13)15-10(12-11)14-8-6-4-3-5-7-8/h8H,3-7H2,1-2H3. The Balaban J connectivity index is 1.93. The maximum absolute atomic E-state index is 11.3. The van der Waals surface area contributed by atoms with Crippen molar-refractivity contribution in [3.8, 4) is 0 Å². The Labute approximate surface area is 89.7 Å². The Bertz CT molecular complexity index is 290. The van der Waals surface area contributed by atoms with Crippen LogP contribution in [0.25, 0.3) is 0 Å². The van der Waals surface area contributed by atoms with Crippen LogP contribution >= 0.6 is 0 Å². The smallest absolute Gasteiger partial charge is 0.392 e. The van der Waals surface area contributed by atoms with Crippen LogP contribution in [-0.2, 0) is 14.3 Å². The molecule has 0 spiro atoms. The summed E-state index contributed by atoms with van der Waals surface area (Å²) in [6, 6.07) is 0. The molecule has 4 heteroatoms. The van der Waals surface area contributed by atoms with E-state index in [1.54, 1.807) is 13.8 Å². The fourth-order valence-corrected chi connectivity index (χ4v) is 1.88. The van der Waals surface area contributed by atoms with Gasteiger partial charge in [0.05, 0.1) is 0 Å². The van der Waals surface area contributed by atoms with Crippen LogP contribution in [0.15, 0.2) is 4.99 Å². The minimum Gasteiger partial charge on any atom is -0.447 e. The Morgan fingerprint density at radius 3 is 2.53 bits per heavy atom. The molecule has 1 aliphatic heterocycles. The van der Waals surface area contributed by atoms with E-state index in [1.807, 2.05) is 0 Å². The number of carbonyl (C=O) groups is 1. The van der Waals surface area contributed by atoms with Crippen LogP contribution in [0.2, 0.25) is 0 Å². The predicted octanol–water partition coefficient (Wildman–Crippen LogP) is 2.03. The summed E-state index contributed by atoms with van der Waals surface area (Å²) in [7, 11) is 0. The molecule has 0 unspecified atom stereocenters. The third-order valence-electron chi connectivity index (χ3n) is 2.87. The van der Waals surface area contributed by atoms with E-state index in [9.17, 15) is 4.79 Å². The molecule has 1 heterocycles. The van der Waals surface area contributed by atoms with E-state index in [2.05, 4.69) is 4.99 Å². The van der Waals surface area contributed by atoms with E-state index in [4.69, 9.17) is 9.47 Å². The lowest BCUT2D eigenvalue weighted by Crippen LogP contribution is -2.25. The van der Waals surface area contributed by atoms with Crippen molar-refractivity contribution in [3.63, 3.8) is 0 Å². The van der Waals surface area contributed by atoms with E-state index in [-0.39, 0.29) is 18.2 Å². The fourth-order valence-electron chi connectivity index (χ4n) is 1.88. The van der Waals surface area contributed by atoms with Crippen LogP contribution in [0, 0.1) is 0 Å². The third kappa shape index (κ3) is 2.30. The van der Waals surface area contributed by atoms with Gasteiger partial charge in [-0.3, -0.25) is 0 Å². The van der Waals surface area contributed by atoms with E-state index < -0.39 is 5.54 Å². The summed E-state index contributed by atoms with van der Waals surface area (Å²) in [5.74, 6) is -0.326. The van der Waals surface area contributed by atoms with Crippen LogP contribution in [0.5, 0.6) is 0 Å². The molecule has 0 amide bonds. The first-order chi connectivity index (χ1) is 7.08. The molecule has 0 aromatic carbocycles. The van der Waals surface area contributed by atoms with E-state index in [1.165, 1.54) is 19.3 Å². The largest absolute Gasteiger partial charge is 0.447 e. The first kappa shape index (κ1) is 10.5. The number of cyclic esters (lactones) is 1. The lowest BCUT2D eigenvalue weighted by molar-refractivity contribution is -0.139. The molecule has 2 rings (SSSR count). The molecule has 0 bridgehead atoms. The van der Waals surface area contributed by atoms with Gasteiger partial charge >= 0.3 is 12.1 Å². The molecule has 1 saturated carbocycles. The highest BCUT2D eigenvalue weighted by molar-refractivity contribution is 5.96. The molecular weight excluding hydrogens is 194 g/mol. The number of ether oxygens (including phenoxy) is 2. The molecule has 0 N–H and O–H groups in total. The second kappa shape index (κ2) is 3.83. The molecule has 84 valence electrons. The normalized spacial score (nSPS) is 26.0. The summed E-state index contributed by atoms with van der Waals surface area (Å²) in [5, 5.41) is 0. The quantitative estimate of drug-likeness (QED) is 0.623. The lowest BCUT2D eigenvalue weighted by atomic mass is 9.98. The highest BCUT2D eigenvalue weighted by Gasteiger charge is 2.39. The Morgan fingerprint density at radius 1 is 1.33 bits per heavy atom. The lowest BCUT2D eigenvalue weighted by Gasteiger charge is -2.21. The average molecular weight is 211 g/mol. The number of hydrogen-bond donors (Lipinski definition) is 0. The molecule has 15 heavy (non-hydrogen) atoms. The van der Waals surface area contributed by atoms with Gasteiger partial charge in [-0.15, -0.1) is 0 Å². The first-order valence-corrected chi connectivity index (χ1v) is 5.57. The van der Waals surface area contributed by atoms with E-state index in [0.717, 1.165) is 12.8 Å². The zero-order valence-electron chi connectivity index (χ0n) is 9.28. The van der Waals surface area contributed by atoms with Gasteiger partial charge in [-0.2, -0.15) is 4.99 Å². The van der Waals surface area contributed by atoms with E-state index >= 15 is 0 Å². The van der Waals surface area contributed by atoms with Crippen LogP contribution in [0.1, 0.15) is 46.0 Å². The van der Waals surface area contributed by atoms with Crippen molar-refractivity contribution < 1.29 is 14.3 Å². The van der Waals surface area contributed by atoms with Crippen molar-refractivity contribution in [1.29, 1.82) is 0 Å². The van der Waals surface area contributed by atoms with Gasteiger partial charge in [-0.1, -0.05) is 6.42 Å². The van der Waals surface area contributed by atoms with Gasteiger partial charge in [0.2, 0.25) is 0 Å². The van der Waals surface area contributed by atoms with Gasteiger partial charge < -0.3 is 9.47 Å². The van der Waals surface area contributed by atoms with Crippen molar-refractivity contribution in [2.75, 3.05) is 0 Å². The van der Waals surface area contributed by atoms with Gasteiger partial charge in [0, 0.05) is 0 Å². The van der Waals surface area contributed by atoms with E-state index in [0.29, 0.717) is 0 Å². The fraction of sp³-hybridized carbons (Fsp3) is 0.818. The summed E-state index contributed by atoms with van der Waals surface area (Å²) in [6.07, 6.45) is 6.08. The molecular formula is C11H17NO3. The maximum atomic E-state index is 11.3. The summed E-state index contributed by atoms with van der Waals surface area (Å²) < 4.78 is 10.5. The summed E-state index contributed by atoms with van der Waals surface area (Å²) >= 11 is 0. The Morgan fingerprint density at radius 2 is 2.00 bits per heavy atom. The van der Waals surface area contributed by atoms with Crippen LogP contribution in [0.3, 0.4) is 0 Å². The van der Waals surface area contributed by atoms with Crippen molar-refractivity contribution in [3.05, 3.63) is 0 Å². The average Bonchev–Trinajstić information content (AvgIpc) is 2.42. The number of nitrogens with zero attached hydrogens (tertiary/aromatic N) is 1. The summed E-state index contributed by atoms with van der Waals surface area (Å²) in [6.45, 7) is 3.46. The van der Waals surface area contributed by atoms with Gasteiger partial charge in [-0.25, -0.2) is 4.79 Å². The first-order valence-electron chi connectivity index (χ1n) is 5.57. The summed E-state index contributed by atoms with van der Waals surface area (Å²) in [5.41, 5.74) is -0.774. The van der Waals surface area contributed by atoms with Gasteiger partial charge in [-0.05, 0) is 39.5 Å². The van der Waals surface area contributed by atoms with Gasteiger partial charge in [0.1, 0.15) is 6.10 Å². The SMILES string of the molecule is CC1(C)N=C(OC2CCCCC2)OC1=O. The number of rotatable bonds is 1. The molecule has 0 saturated heterocycles. The highest BCUT2D eigenvalue weighted by Crippen LogP contribution is 2.24. The predicted molar refractivity (Wildman–Crippen MR) is 55.6 cm³/mol. The zero-order chi connectivity index (χ0) is 10.9. The van der Waals surface area contributed by atoms with Crippen LogP contribution in [-0.4, -0.2) is 23.7 Å². The number of carbonyl (C=O) groups excluding carboxylic acids is 1. The molecule has 0 aromatic heterocycles.